The molecule has 3 aromatic rings. The van der Waals surface area contributed by atoms with Crippen LogP contribution >= 0.6 is 0 Å². The molecule has 1 amide bonds. The lowest BCUT2D eigenvalue weighted by molar-refractivity contribution is 0.0896. The predicted octanol–water partition coefficient (Wildman–Crippen LogP) is 0.0390. The molecule has 0 aliphatic carbocycles. The van der Waals surface area contributed by atoms with E-state index >= 15 is 0 Å². The minimum absolute atomic E-state index is 0.249. The zero-order valence-corrected chi connectivity index (χ0v) is 13.0. The fraction of sp³-hybridized carbons (Fsp3) is 0.333. The number of hydrogen-bond donors (Lipinski definition) is 1. The van der Waals surface area contributed by atoms with Crippen molar-refractivity contribution in [1.29, 1.82) is 0 Å². The maximum Gasteiger partial charge on any atom is 0.270 e. The highest BCUT2D eigenvalue weighted by molar-refractivity contribution is 5.93. The highest BCUT2D eigenvalue weighted by atomic mass is 16.5. The second-order valence-electron chi connectivity index (χ2n) is 5.56. The Hall–Kier alpha value is -2.94. The van der Waals surface area contributed by atoms with Crippen molar-refractivity contribution in [1.82, 2.24) is 29.7 Å². The summed E-state index contributed by atoms with van der Waals surface area (Å²) in [5, 5.41) is 11.1. The highest BCUT2D eigenvalue weighted by Gasteiger charge is 2.32. The monoisotopic (exact) mass is 328 g/mol. The van der Waals surface area contributed by atoms with Crippen LogP contribution in [0.25, 0.3) is 5.65 Å². The van der Waals surface area contributed by atoms with Crippen molar-refractivity contribution in [3.63, 3.8) is 0 Å². The lowest BCUT2D eigenvalue weighted by Gasteiger charge is -2.19. The van der Waals surface area contributed by atoms with Gasteiger partial charge >= 0.3 is 0 Å². The van der Waals surface area contributed by atoms with E-state index in [-0.39, 0.29) is 18.1 Å². The van der Waals surface area contributed by atoms with Crippen molar-refractivity contribution in [2.24, 2.45) is 7.05 Å². The van der Waals surface area contributed by atoms with Crippen molar-refractivity contribution in [2.45, 2.75) is 12.1 Å². The number of aryl methyl sites for hydroxylation is 1. The van der Waals surface area contributed by atoms with Crippen LogP contribution in [0.1, 0.15) is 10.5 Å². The van der Waals surface area contributed by atoms with E-state index in [4.69, 9.17) is 9.47 Å². The number of rotatable bonds is 4. The molecule has 4 rings (SSSR count). The number of pyridine rings is 1. The van der Waals surface area contributed by atoms with Gasteiger partial charge in [-0.15, -0.1) is 0 Å². The zero-order chi connectivity index (χ0) is 16.5. The average molecular weight is 328 g/mol. The zero-order valence-electron chi connectivity index (χ0n) is 13.0. The van der Waals surface area contributed by atoms with Gasteiger partial charge in [-0.3, -0.25) is 9.48 Å². The number of hydrogen-bond acceptors (Lipinski definition) is 6. The molecule has 0 aromatic carbocycles. The van der Waals surface area contributed by atoms with E-state index in [1.54, 1.807) is 35.3 Å². The lowest BCUT2D eigenvalue weighted by atomic mass is 10.2. The van der Waals surface area contributed by atoms with Gasteiger partial charge in [0.2, 0.25) is 0 Å². The molecule has 1 aliphatic rings. The fourth-order valence-corrected chi connectivity index (χ4v) is 2.68. The molecule has 124 valence electrons. The third-order valence-corrected chi connectivity index (χ3v) is 3.85. The predicted molar refractivity (Wildman–Crippen MR) is 82.7 cm³/mol. The molecule has 2 atom stereocenters. The number of amides is 1. The van der Waals surface area contributed by atoms with Gasteiger partial charge in [-0.1, -0.05) is 6.07 Å². The summed E-state index contributed by atoms with van der Waals surface area (Å²) < 4.78 is 14.5. The van der Waals surface area contributed by atoms with Crippen LogP contribution in [-0.4, -0.2) is 55.6 Å². The molecule has 9 nitrogen and oxygen atoms in total. The SMILES string of the molecule is Cn1cc(O[C@@H]2COC[C@@H]2NC(=O)c2cccc3ncnn23)cn1. The minimum Gasteiger partial charge on any atom is -0.482 e. The third-order valence-electron chi connectivity index (χ3n) is 3.85. The van der Waals surface area contributed by atoms with Gasteiger partial charge in [0.25, 0.3) is 5.91 Å². The van der Waals surface area contributed by atoms with Crippen LogP contribution < -0.4 is 10.1 Å². The van der Waals surface area contributed by atoms with Gasteiger partial charge in [-0.2, -0.15) is 10.2 Å². The molecule has 1 fully saturated rings. The standard InChI is InChI=1S/C15H16N6O3/c1-20-6-10(5-17-20)24-13-8-23-7-11(13)19-15(22)12-3-2-4-14-16-9-18-21(12)14/h2-6,9,11,13H,7-8H2,1H3,(H,19,22)/t11-,13+/m0/s1. The Bertz CT molecular complexity index is 873. The Balaban J connectivity index is 1.49. The molecule has 0 radical (unpaired) electrons. The second kappa shape index (κ2) is 5.93. The van der Waals surface area contributed by atoms with E-state index in [9.17, 15) is 4.79 Å². The topological polar surface area (TPSA) is 95.6 Å². The normalized spacial score (nSPS) is 20.4. The summed E-state index contributed by atoms with van der Waals surface area (Å²) in [6.07, 6.45) is 4.55. The Morgan fingerprint density at radius 3 is 3.12 bits per heavy atom. The van der Waals surface area contributed by atoms with Gasteiger partial charge in [-0.05, 0) is 12.1 Å². The fourth-order valence-electron chi connectivity index (χ4n) is 2.68. The van der Waals surface area contributed by atoms with E-state index in [2.05, 4.69) is 20.5 Å². The number of carbonyl (C=O) groups is 1. The van der Waals surface area contributed by atoms with Gasteiger partial charge in [0.1, 0.15) is 18.1 Å². The van der Waals surface area contributed by atoms with Gasteiger partial charge < -0.3 is 14.8 Å². The molecule has 1 N–H and O–H groups in total. The maximum atomic E-state index is 12.6. The van der Waals surface area contributed by atoms with Crippen LogP contribution in [0, 0.1) is 0 Å². The highest BCUT2D eigenvalue weighted by Crippen LogP contribution is 2.16. The van der Waals surface area contributed by atoms with Crippen LogP contribution in [0.4, 0.5) is 0 Å². The summed E-state index contributed by atoms with van der Waals surface area (Å²) in [5.74, 6) is 0.395. The summed E-state index contributed by atoms with van der Waals surface area (Å²) in [7, 11) is 1.82. The smallest absolute Gasteiger partial charge is 0.270 e. The molecule has 0 bridgehead atoms. The molecule has 1 saturated heterocycles. The van der Waals surface area contributed by atoms with E-state index in [1.165, 1.54) is 10.8 Å². The Morgan fingerprint density at radius 2 is 2.29 bits per heavy atom. The first-order chi connectivity index (χ1) is 11.7. The van der Waals surface area contributed by atoms with E-state index in [1.807, 2.05) is 7.05 Å². The largest absolute Gasteiger partial charge is 0.482 e. The molecule has 0 unspecified atom stereocenters. The Morgan fingerprint density at radius 1 is 1.38 bits per heavy atom. The van der Waals surface area contributed by atoms with Gasteiger partial charge in [0.15, 0.2) is 11.4 Å². The number of aromatic nitrogens is 5. The van der Waals surface area contributed by atoms with Crippen LogP contribution in [0.15, 0.2) is 36.9 Å². The van der Waals surface area contributed by atoms with Crippen LogP contribution in [0.3, 0.4) is 0 Å². The molecule has 3 aromatic heterocycles. The summed E-state index contributed by atoms with van der Waals surface area (Å²) in [4.78, 5) is 16.7. The first-order valence-corrected chi connectivity index (χ1v) is 7.53. The van der Waals surface area contributed by atoms with Crippen molar-refractivity contribution < 1.29 is 14.3 Å². The van der Waals surface area contributed by atoms with E-state index < -0.39 is 0 Å². The summed E-state index contributed by atoms with van der Waals surface area (Å²) in [6, 6.07) is 5.00. The molecule has 0 saturated carbocycles. The van der Waals surface area contributed by atoms with Gasteiger partial charge in [0.05, 0.1) is 31.6 Å². The van der Waals surface area contributed by atoms with Crippen molar-refractivity contribution >= 4 is 11.6 Å². The average Bonchev–Trinajstić information content (AvgIpc) is 3.29. The number of fused-ring (bicyclic) bond motifs is 1. The minimum atomic E-state index is -0.270. The summed E-state index contributed by atoms with van der Waals surface area (Å²) in [5.41, 5.74) is 1.03. The molecule has 24 heavy (non-hydrogen) atoms. The van der Waals surface area contributed by atoms with E-state index in [0.717, 1.165) is 0 Å². The van der Waals surface area contributed by atoms with Crippen LogP contribution in [-0.2, 0) is 11.8 Å². The van der Waals surface area contributed by atoms with Crippen LogP contribution in [0.2, 0.25) is 0 Å². The summed E-state index contributed by atoms with van der Waals surface area (Å²) >= 11 is 0. The van der Waals surface area contributed by atoms with Crippen LogP contribution in [0.5, 0.6) is 5.75 Å². The molecule has 1 aliphatic heterocycles. The van der Waals surface area contributed by atoms with Gasteiger partial charge in [-0.25, -0.2) is 9.50 Å². The molecule has 4 heterocycles. The first-order valence-electron chi connectivity index (χ1n) is 7.53. The number of nitrogens with one attached hydrogen (secondary N) is 1. The second-order valence-corrected chi connectivity index (χ2v) is 5.56. The van der Waals surface area contributed by atoms with Gasteiger partial charge in [0, 0.05) is 7.05 Å². The molecule has 9 heteroatoms. The number of ether oxygens (including phenoxy) is 2. The van der Waals surface area contributed by atoms with Crippen molar-refractivity contribution in [3.8, 4) is 5.75 Å². The number of carbonyl (C=O) groups excluding carboxylic acids is 1. The lowest BCUT2D eigenvalue weighted by Crippen LogP contribution is -2.45. The first kappa shape index (κ1) is 14.6. The molecular formula is C15H16N6O3. The van der Waals surface area contributed by atoms with Crippen molar-refractivity contribution in [3.05, 3.63) is 42.6 Å². The quantitative estimate of drug-likeness (QED) is 0.726. The maximum absolute atomic E-state index is 12.6. The molecule has 0 spiro atoms. The Labute approximate surface area is 137 Å². The molecular weight excluding hydrogens is 312 g/mol. The third kappa shape index (κ3) is 2.69. The summed E-state index contributed by atoms with van der Waals surface area (Å²) in [6.45, 7) is 0.803. The van der Waals surface area contributed by atoms with Crippen molar-refractivity contribution in [2.75, 3.05) is 13.2 Å². The van der Waals surface area contributed by atoms with E-state index in [0.29, 0.717) is 30.3 Å². The number of nitrogens with zero attached hydrogens (tertiary/aromatic N) is 5. The Kier molecular flexibility index (Phi) is 3.62.